The Morgan fingerprint density at radius 1 is 1.38 bits per heavy atom. The fourth-order valence-corrected chi connectivity index (χ4v) is 2.51. The lowest BCUT2D eigenvalue weighted by Crippen LogP contribution is -2.44. The molecule has 0 amide bonds. The lowest BCUT2D eigenvalue weighted by Gasteiger charge is -2.18. The van der Waals surface area contributed by atoms with Crippen LogP contribution in [0, 0.1) is 0 Å². The summed E-state index contributed by atoms with van der Waals surface area (Å²) < 4.78 is 2.23. The van der Waals surface area contributed by atoms with Crippen molar-refractivity contribution in [2.24, 2.45) is 5.73 Å². The molecule has 1 aromatic heterocycles. The van der Waals surface area contributed by atoms with Gasteiger partial charge >= 0.3 is 5.97 Å². The van der Waals surface area contributed by atoms with Crippen LogP contribution in [0.2, 0.25) is 0 Å². The van der Waals surface area contributed by atoms with Crippen LogP contribution in [0.3, 0.4) is 0 Å². The molecule has 3 N–H and O–H groups in total. The van der Waals surface area contributed by atoms with Crippen molar-refractivity contribution in [2.75, 3.05) is 0 Å². The second-order valence-electron chi connectivity index (χ2n) is 5.70. The van der Waals surface area contributed by atoms with Gasteiger partial charge in [-0.1, -0.05) is 19.1 Å². The Morgan fingerprint density at radius 2 is 2.10 bits per heavy atom. The zero-order valence-electron chi connectivity index (χ0n) is 12.7. The van der Waals surface area contributed by atoms with E-state index in [1.165, 1.54) is 0 Å². The minimum atomic E-state index is -1.13. The van der Waals surface area contributed by atoms with E-state index in [2.05, 4.69) is 22.5 Å². The normalized spacial score (nSPS) is 14.2. The van der Waals surface area contributed by atoms with Crippen molar-refractivity contribution in [2.45, 2.75) is 51.6 Å². The molecule has 114 valence electrons. The number of carboxylic acids is 1. The van der Waals surface area contributed by atoms with E-state index in [9.17, 15) is 4.79 Å². The van der Waals surface area contributed by atoms with Crippen LogP contribution in [0.5, 0.6) is 0 Å². The van der Waals surface area contributed by atoms with E-state index in [-0.39, 0.29) is 0 Å². The minimum absolute atomic E-state index is 0.483. The van der Waals surface area contributed by atoms with Crippen LogP contribution in [-0.4, -0.2) is 26.2 Å². The number of carbonyl (C=O) groups is 1. The van der Waals surface area contributed by atoms with E-state index in [1.807, 2.05) is 18.2 Å². The predicted octanol–water partition coefficient (Wildman–Crippen LogP) is 2.57. The van der Waals surface area contributed by atoms with Crippen molar-refractivity contribution in [3.8, 4) is 0 Å². The topological polar surface area (TPSA) is 81.1 Å². The van der Waals surface area contributed by atoms with Crippen LogP contribution in [0.15, 0.2) is 24.3 Å². The average molecular weight is 289 g/mol. The Hall–Kier alpha value is -1.88. The summed E-state index contributed by atoms with van der Waals surface area (Å²) in [6, 6.07) is 8.10. The van der Waals surface area contributed by atoms with Crippen molar-refractivity contribution < 1.29 is 9.90 Å². The number of aromatic nitrogens is 2. The lowest BCUT2D eigenvalue weighted by atomic mass is 9.96. The van der Waals surface area contributed by atoms with E-state index in [4.69, 9.17) is 10.8 Å². The van der Waals surface area contributed by atoms with Gasteiger partial charge in [0.25, 0.3) is 0 Å². The molecule has 0 aliphatic rings. The number of hydrogen-bond donors (Lipinski definition) is 2. The first kappa shape index (κ1) is 15.5. The van der Waals surface area contributed by atoms with Gasteiger partial charge in [0, 0.05) is 13.0 Å². The first-order valence-electron chi connectivity index (χ1n) is 7.42. The number of hydrogen-bond acceptors (Lipinski definition) is 3. The third-order valence-electron chi connectivity index (χ3n) is 3.87. The highest BCUT2D eigenvalue weighted by Gasteiger charge is 2.26. The lowest BCUT2D eigenvalue weighted by molar-refractivity contribution is -0.142. The number of imidazole rings is 1. The van der Waals surface area contributed by atoms with Gasteiger partial charge in [0.1, 0.15) is 11.4 Å². The molecular formula is C16H23N3O2. The van der Waals surface area contributed by atoms with Crippen molar-refractivity contribution in [1.29, 1.82) is 0 Å². The van der Waals surface area contributed by atoms with E-state index >= 15 is 0 Å². The van der Waals surface area contributed by atoms with Gasteiger partial charge in [0.15, 0.2) is 0 Å². The molecule has 0 radical (unpaired) electrons. The number of unbranched alkanes of at least 4 members (excludes halogenated alkanes) is 1. The average Bonchev–Trinajstić information content (AvgIpc) is 2.81. The first-order valence-corrected chi connectivity index (χ1v) is 7.42. The van der Waals surface area contributed by atoms with Crippen LogP contribution in [0.4, 0.5) is 0 Å². The number of aliphatic carboxylic acids is 1. The summed E-state index contributed by atoms with van der Waals surface area (Å²) in [6.07, 6.45) is 3.05. The fraction of sp³-hybridized carbons (Fsp3) is 0.500. The van der Waals surface area contributed by atoms with E-state index in [1.54, 1.807) is 6.92 Å². The molecule has 5 nitrogen and oxygen atoms in total. The highest BCUT2D eigenvalue weighted by Crippen LogP contribution is 2.18. The number of nitrogens with zero attached hydrogens (tertiary/aromatic N) is 2. The largest absolute Gasteiger partial charge is 0.480 e. The molecule has 1 heterocycles. The quantitative estimate of drug-likeness (QED) is 0.768. The Morgan fingerprint density at radius 3 is 2.76 bits per heavy atom. The van der Waals surface area contributed by atoms with Gasteiger partial charge in [-0.15, -0.1) is 0 Å². The van der Waals surface area contributed by atoms with E-state index < -0.39 is 11.5 Å². The molecule has 0 spiro atoms. The molecule has 1 aromatic carbocycles. The Balaban J connectivity index is 2.02. The number of nitrogens with two attached hydrogens (primary N) is 1. The number of aryl methyl sites for hydroxylation is 2. The number of rotatable bonds is 7. The zero-order valence-corrected chi connectivity index (χ0v) is 12.7. The Labute approximate surface area is 124 Å². The summed E-state index contributed by atoms with van der Waals surface area (Å²) in [7, 11) is 0. The highest BCUT2D eigenvalue weighted by molar-refractivity contribution is 5.77. The summed E-state index contributed by atoms with van der Waals surface area (Å²) in [4.78, 5) is 15.6. The van der Waals surface area contributed by atoms with E-state index in [0.717, 1.165) is 42.7 Å². The molecule has 5 heteroatoms. The zero-order chi connectivity index (χ0) is 15.5. The number of para-hydroxylation sites is 2. The summed E-state index contributed by atoms with van der Waals surface area (Å²) in [5.74, 6) is 0.134. The van der Waals surface area contributed by atoms with Gasteiger partial charge in [-0.05, 0) is 38.3 Å². The van der Waals surface area contributed by atoms with E-state index in [0.29, 0.717) is 6.42 Å². The Kier molecular flexibility index (Phi) is 4.63. The van der Waals surface area contributed by atoms with Crippen molar-refractivity contribution in [3.05, 3.63) is 30.1 Å². The van der Waals surface area contributed by atoms with Crippen molar-refractivity contribution in [3.63, 3.8) is 0 Å². The van der Waals surface area contributed by atoms with Crippen LogP contribution in [-0.2, 0) is 17.8 Å². The molecule has 0 saturated heterocycles. The molecule has 1 atom stereocenters. The van der Waals surface area contributed by atoms with Gasteiger partial charge in [0.05, 0.1) is 11.0 Å². The van der Waals surface area contributed by atoms with Crippen LogP contribution < -0.4 is 5.73 Å². The minimum Gasteiger partial charge on any atom is -0.480 e. The molecule has 0 saturated carbocycles. The number of carboxylic acid groups (broad SMARTS) is 1. The molecule has 0 aliphatic heterocycles. The van der Waals surface area contributed by atoms with Gasteiger partial charge in [-0.2, -0.15) is 0 Å². The second kappa shape index (κ2) is 6.26. The smallest absolute Gasteiger partial charge is 0.323 e. The SMILES string of the molecule is CCc1nc2ccccc2n1CCCCC(C)(N)C(=O)O. The Bertz CT molecular complexity index is 631. The summed E-state index contributed by atoms with van der Waals surface area (Å²) >= 11 is 0. The molecule has 1 unspecified atom stereocenters. The maximum absolute atomic E-state index is 11.0. The molecule has 2 aromatic rings. The van der Waals surface area contributed by atoms with Gasteiger partial charge in [-0.25, -0.2) is 4.98 Å². The van der Waals surface area contributed by atoms with Gasteiger partial charge in [-0.3, -0.25) is 4.79 Å². The second-order valence-corrected chi connectivity index (χ2v) is 5.70. The summed E-state index contributed by atoms with van der Waals surface area (Å²) in [5.41, 5.74) is 6.77. The molecule has 0 fully saturated rings. The summed E-state index contributed by atoms with van der Waals surface area (Å²) in [6.45, 7) is 4.51. The van der Waals surface area contributed by atoms with Crippen molar-refractivity contribution in [1.82, 2.24) is 9.55 Å². The molecule has 21 heavy (non-hydrogen) atoms. The number of benzene rings is 1. The third kappa shape index (κ3) is 3.42. The predicted molar refractivity (Wildman–Crippen MR) is 83.2 cm³/mol. The van der Waals surface area contributed by atoms with Crippen LogP contribution >= 0.6 is 0 Å². The molecule has 0 bridgehead atoms. The fourth-order valence-electron chi connectivity index (χ4n) is 2.51. The molecule has 0 aliphatic carbocycles. The maximum Gasteiger partial charge on any atom is 0.323 e. The first-order chi connectivity index (χ1) is 9.95. The summed E-state index contributed by atoms with van der Waals surface area (Å²) in [5, 5.41) is 9.01. The molecular weight excluding hydrogens is 266 g/mol. The number of fused-ring (bicyclic) bond motifs is 1. The van der Waals surface area contributed by atoms with Crippen LogP contribution in [0.1, 0.15) is 38.9 Å². The monoisotopic (exact) mass is 289 g/mol. The highest BCUT2D eigenvalue weighted by atomic mass is 16.4. The van der Waals surface area contributed by atoms with Crippen LogP contribution in [0.25, 0.3) is 11.0 Å². The van der Waals surface area contributed by atoms with Crippen molar-refractivity contribution >= 4 is 17.0 Å². The van der Waals surface area contributed by atoms with Gasteiger partial charge in [0.2, 0.25) is 0 Å². The van der Waals surface area contributed by atoms with Gasteiger partial charge < -0.3 is 15.4 Å². The maximum atomic E-state index is 11.0. The molecule has 2 rings (SSSR count). The third-order valence-corrected chi connectivity index (χ3v) is 3.87. The standard InChI is InChI=1S/C16H23N3O2/c1-3-14-18-12-8-4-5-9-13(12)19(14)11-7-6-10-16(2,17)15(20)21/h4-5,8-9H,3,6-7,10-11,17H2,1-2H3,(H,20,21).